The standard InChI is InChI=1S/C19H16F3N3O/c20-19(21,22)14-5-3-4-13(10-14)18(26)24-9-8-15(11-24)25-12-23-16-6-1-2-7-17(16)25/h1-7,10,12,15H,8-9,11H2/t15-/m1/s1. The van der Waals surface area contributed by atoms with Gasteiger partial charge in [0.25, 0.3) is 5.91 Å². The molecule has 4 nitrogen and oxygen atoms in total. The van der Waals surface area contributed by atoms with Crippen LogP contribution >= 0.6 is 0 Å². The summed E-state index contributed by atoms with van der Waals surface area (Å²) in [6.07, 6.45) is -1.96. The van der Waals surface area contributed by atoms with Gasteiger partial charge in [-0.05, 0) is 36.8 Å². The third-order valence-electron chi connectivity index (χ3n) is 4.76. The summed E-state index contributed by atoms with van der Waals surface area (Å²) in [4.78, 5) is 18.6. The Hall–Kier alpha value is -2.83. The number of hydrogen-bond acceptors (Lipinski definition) is 2. The zero-order valence-electron chi connectivity index (χ0n) is 13.8. The van der Waals surface area contributed by atoms with Gasteiger partial charge in [0.15, 0.2) is 0 Å². The molecule has 1 aliphatic heterocycles. The predicted molar refractivity (Wildman–Crippen MR) is 90.7 cm³/mol. The van der Waals surface area contributed by atoms with Crippen LogP contribution < -0.4 is 0 Å². The van der Waals surface area contributed by atoms with Crippen molar-refractivity contribution in [2.45, 2.75) is 18.6 Å². The van der Waals surface area contributed by atoms with Gasteiger partial charge in [-0.3, -0.25) is 4.79 Å². The fourth-order valence-electron chi connectivity index (χ4n) is 3.43. The molecule has 0 spiro atoms. The Morgan fingerprint density at radius 2 is 1.92 bits per heavy atom. The third kappa shape index (κ3) is 2.94. The van der Waals surface area contributed by atoms with Gasteiger partial charge < -0.3 is 9.47 Å². The molecule has 7 heteroatoms. The van der Waals surface area contributed by atoms with Crippen molar-refractivity contribution in [2.24, 2.45) is 0 Å². The van der Waals surface area contributed by atoms with Crippen LogP contribution in [-0.4, -0.2) is 33.4 Å². The molecule has 1 fully saturated rings. The number of hydrogen-bond donors (Lipinski definition) is 0. The maximum Gasteiger partial charge on any atom is 0.416 e. The van der Waals surface area contributed by atoms with Gasteiger partial charge in [-0.1, -0.05) is 18.2 Å². The van der Waals surface area contributed by atoms with E-state index in [1.165, 1.54) is 12.1 Å². The number of amides is 1. The Morgan fingerprint density at radius 1 is 1.12 bits per heavy atom. The number of alkyl halides is 3. The topological polar surface area (TPSA) is 38.1 Å². The number of nitrogens with zero attached hydrogens (tertiary/aromatic N) is 3. The minimum atomic E-state index is -4.46. The van der Waals surface area contributed by atoms with Gasteiger partial charge in [0.1, 0.15) is 0 Å². The van der Waals surface area contributed by atoms with Crippen molar-refractivity contribution in [3.63, 3.8) is 0 Å². The van der Waals surface area contributed by atoms with Crippen LogP contribution in [0.25, 0.3) is 11.0 Å². The molecule has 0 aliphatic carbocycles. The fraction of sp³-hybridized carbons (Fsp3) is 0.263. The molecule has 3 aromatic rings. The molecule has 2 aromatic carbocycles. The maximum atomic E-state index is 12.9. The number of likely N-dealkylation sites (tertiary alicyclic amines) is 1. The second-order valence-corrected chi connectivity index (χ2v) is 6.41. The number of imidazole rings is 1. The molecule has 0 radical (unpaired) electrons. The first kappa shape index (κ1) is 16.6. The summed E-state index contributed by atoms with van der Waals surface area (Å²) in [7, 11) is 0. The lowest BCUT2D eigenvalue weighted by Gasteiger charge is -2.18. The highest BCUT2D eigenvalue weighted by Crippen LogP contribution is 2.31. The lowest BCUT2D eigenvalue weighted by Crippen LogP contribution is -2.29. The van der Waals surface area contributed by atoms with Crippen LogP contribution in [0.2, 0.25) is 0 Å². The van der Waals surface area contributed by atoms with Crippen molar-refractivity contribution in [1.82, 2.24) is 14.5 Å². The first-order chi connectivity index (χ1) is 12.4. The summed E-state index contributed by atoms with van der Waals surface area (Å²) in [6, 6.07) is 12.4. The van der Waals surface area contributed by atoms with Crippen molar-refractivity contribution in [2.75, 3.05) is 13.1 Å². The van der Waals surface area contributed by atoms with E-state index in [0.717, 1.165) is 29.6 Å². The molecular weight excluding hydrogens is 343 g/mol. The van der Waals surface area contributed by atoms with E-state index >= 15 is 0 Å². The van der Waals surface area contributed by atoms with Crippen LogP contribution in [0.3, 0.4) is 0 Å². The number of aromatic nitrogens is 2. The average molecular weight is 359 g/mol. The Kier molecular flexibility index (Phi) is 3.94. The quantitative estimate of drug-likeness (QED) is 0.690. The van der Waals surface area contributed by atoms with Gasteiger partial charge in [0.05, 0.1) is 29.0 Å². The van der Waals surface area contributed by atoms with Crippen LogP contribution in [-0.2, 0) is 6.18 Å². The minimum absolute atomic E-state index is 0.0657. The molecule has 0 bridgehead atoms. The molecule has 1 aromatic heterocycles. The molecule has 1 saturated heterocycles. The van der Waals surface area contributed by atoms with Crippen molar-refractivity contribution in [3.8, 4) is 0 Å². The molecule has 1 aliphatic rings. The third-order valence-corrected chi connectivity index (χ3v) is 4.76. The van der Waals surface area contributed by atoms with E-state index in [-0.39, 0.29) is 17.5 Å². The van der Waals surface area contributed by atoms with Gasteiger partial charge in [-0.2, -0.15) is 13.2 Å². The zero-order valence-corrected chi connectivity index (χ0v) is 13.8. The molecule has 134 valence electrons. The summed E-state index contributed by atoms with van der Waals surface area (Å²) in [5.41, 5.74) is 1.14. The van der Waals surface area contributed by atoms with Crippen molar-refractivity contribution in [3.05, 3.63) is 66.0 Å². The molecule has 1 atom stereocenters. The number of fused-ring (bicyclic) bond motifs is 1. The number of rotatable bonds is 2. The van der Waals surface area contributed by atoms with Gasteiger partial charge in [-0.15, -0.1) is 0 Å². The smallest absolute Gasteiger partial charge is 0.336 e. The van der Waals surface area contributed by atoms with Crippen molar-refractivity contribution < 1.29 is 18.0 Å². The Labute approximate surface area is 147 Å². The normalized spacial score (nSPS) is 17.8. The number of carbonyl (C=O) groups is 1. The minimum Gasteiger partial charge on any atom is -0.336 e. The van der Waals surface area contributed by atoms with Crippen molar-refractivity contribution >= 4 is 16.9 Å². The summed E-state index contributed by atoms with van der Waals surface area (Å²) in [5, 5.41) is 0. The van der Waals surface area contributed by atoms with Crippen LogP contribution in [0.15, 0.2) is 54.9 Å². The van der Waals surface area contributed by atoms with E-state index in [0.29, 0.717) is 13.1 Å². The molecule has 1 amide bonds. The highest BCUT2D eigenvalue weighted by atomic mass is 19.4. The van der Waals surface area contributed by atoms with E-state index in [9.17, 15) is 18.0 Å². The van der Waals surface area contributed by atoms with Gasteiger partial charge in [-0.25, -0.2) is 4.98 Å². The summed E-state index contributed by atoms with van der Waals surface area (Å²) in [6.45, 7) is 0.960. The summed E-state index contributed by atoms with van der Waals surface area (Å²) >= 11 is 0. The Morgan fingerprint density at radius 3 is 2.73 bits per heavy atom. The molecule has 4 rings (SSSR count). The van der Waals surface area contributed by atoms with Crippen LogP contribution in [0.1, 0.15) is 28.4 Å². The highest BCUT2D eigenvalue weighted by Gasteiger charge is 2.33. The summed E-state index contributed by atoms with van der Waals surface area (Å²) in [5.74, 6) is -0.372. The second-order valence-electron chi connectivity index (χ2n) is 6.41. The van der Waals surface area contributed by atoms with Crippen molar-refractivity contribution in [1.29, 1.82) is 0 Å². The fourth-order valence-corrected chi connectivity index (χ4v) is 3.43. The number of para-hydroxylation sites is 2. The van der Waals surface area contributed by atoms with E-state index in [2.05, 4.69) is 4.98 Å². The monoisotopic (exact) mass is 359 g/mol. The molecule has 0 saturated carbocycles. The first-order valence-corrected chi connectivity index (χ1v) is 8.31. The van der Waals surface area contributed by atoms with Crippen LogP contribution in [0, 0.1) is 0 Å². The lowest BCUT2D eigenvalue weighted by atomic mass is 10.1. The van der Waals surface area contributed by atoms with Gasteiger partial charge >= 0.3 is 6.18 Å². The summed E-state index contributed by atoms with van der Waals surface area (Å²) < 4.78 is 40.6. The molecule has 0 N–H and O–H groups in total. The van der Waals surface area contributed by atoms with Crippen LogP contribution in [0.5, 0.6) is 0 Å². The zero-order chi connectivity index (χ0) is 18.3. The molecule has 2 heterocycles. The molecular formula is C19H16F3N3O. The number of benzene rings is 2. The molecule has 26 heavy (non-hydrogen) atoms. The van der Waals surface area contributed by atoms with Gasteiger partial charge in [0, 0.05) is 18.7 Å². The second kappa shape index (κ2) is 6.16. The van der Waals surface area contributed by atoms with E-state index < -0.39 is 11.7 Å². The number of carbonyl (C=O) groups excluding carboxylic acids is 1. The van der Waals surface area contributed by atoms with Gasteiger partial charge in [0.2, 0.25) is 0 Å². The Bertz CT molecular complexity index is 964. The average Bonchev–Trinajstić information content (AvgIpc) is 3.27. The van der Waals surface area contributed by atoms with Crippen LogP contribution in [0.4, 0.5) is 13.2 Å². The SMILES string of the molecule is O=C(c1cccc(C(F)(F)F)c1)N1CC[C@@H](n2cnc3ccccc32)C1. The maximum absolute atomic E-state index is 12.9. The van der Waals surface area contributed by atoms with E-state index in [4.69, 9.17) is 0 Å². The largest absolute Gasteiger partial charge is 0.416 e. The molecule has 0 unspecified atom stereocenters. The predicted octanol–water partition coefficient (Wildman–Crippen LogP) is 4.14. The van der Waals surface area contributed by atoms with E-state index in [1.807, 2.05) is 28.8 Å². The Balaban J connectivity index is 1.55. The van der Waals surface area contributed by atoms with E-state index in [1.54, 1.807) is 11.2 Å². The first-order valence-electron chi connectivity index (χ1n) is 8.31. The number of halogens is 3. The highest BCUT2D eigenvalue weighted by molar-refractivity contribution is 5.94. The lowest BCUT2D eigenvalue weighted by molar-refractivity contribution is -0.137.